The molecule has 8 heteroatoms. The van der Waals surface area contributed by atoms with Crippen molar-refractivity contribution >= 4 is 28.6 Å². The molecule has 7 rings (SSSR count). The van der Waals surface area contributed by atoms with Crippen LogP contribution in [0.5, 0.6) is 11.5 Å². The Hall–Kier alpha value is -4.59. The summed E-state index contributed by atoms with van der Waals surface area (Å²) in [7, 11) is 0. The van der Waals surface area contributed by atoms with Crippen LogP contribution in [0.1, 0.15) is 76.1 Å². The van der Waals surface area contributed by atoms with Crippen LogP contribution in [0.25, 0.3) is 22.0 Å². The molecule has 3 aliphatic rings. The summed E-state index contributed by atoms with van der Waals surface area (Å²) < 4.78 is 14.7. The summed E-state index contributed by atoms with van der Waals surface area (Å²) in [6, 6.07) is 18.5. The number of benzene rings is 3. The van der Waals surface area contributed by atoms with E-state index in [9.17, 15) is 19.5 Å². The lowest BCUT2D eigenvalue weighted by Gasteiger charge is -2.44. The molecule has 1 saturated carbocycles. The standard InChI is InChI=1S/C34H32N2O6/c1-2-41-31-19-24(18-28-26(31)10-13-36(28)25-7-8-25)32(38)35-14-11-34(12-15-35)20-29(37)27-17-22(6-9-30(27)42-34)21-4-3-5-23(16-21)33(39)40/h3-6,9-10,13,16-19,25H,2,7-8,11-12,14-15,20H2,1H3,(H,39,40). The number of aromatic nitrogens is 1. The number of ketones is 1. The van der Waals surface area contributed by atoms with E-state index in [4.69, 9.17) is 9.47 Å². The van der Waals surface area contributed by atoms with Crippen LogP contribution in [0.3, 0.4) is 0 Å². The van der Waals surface area contributed by atoms with Crippen LogP contribution in [0.4, 0.5) is 0 Å². The second-order valence-corrected chi connectivity index (χ2v) is 11.6. The number of rotatable bonds is 6. The Balaban J connectivity index is 1.09. The number of likely N-dealkylation sites (tertiary alicyclic amines) is 1. The minimum atomic E-state index is -0.996. The number of hydrogen-bond acceptors (Lipinski definition) is 5. The Morgan fingerprint density at radius 2 is 1.79 bits per heavy atom. The molecule has 0 atom stereocenters. The van der Waals surface area contributed by atoms with E-state index < -0.39 is 11.6 Å². The number of carboxylic acid groups (broad SMARTS) is 1. The molecule has 2 fully saturated rings. The van der Waals surface area contributed by atoms with Gasteiger partial charge in [0.25, 0.3) is 5.91 Å². The van der Waals surface area contributed by atoms with Gasteiger partial charge in [-0.05, 0) is 73.4 Å². The van der Waals surface area contributed by atoms with Crippen LogP contribution >= 0.6 is 0 Å². The summed E-state index contributed by atoms with van der Waals surface area (Å²) >= 11 is 0. The van der Waals surface area contributed by atoms with Crippen LogP contribution in [-0.4, -0.2) is 57.5 Å². The molecule has 1 N–H and O–H groups in total. The first kappa shape index (κ1) is 26.3. The highest BCUT2D eigenvalue weighted by Crippen LogP contribution is 2.42. The zero-order valence-corrected chi connectivity index (χ0v) is 23.5. The van der Waals surface area contributed by atoms with Gasteiger partial charge < -0.3 is 24.0 Å². The van der Waals surface area contributed by atoms with E-state index >= 15 is 0 Å². The van der Waals surface area contributed by atoms with Gasteiger partial charge in [-0.1, -0.05) is 18.2 Å². The lowest BCUT2D eigenvalue weighted by atomic mass is 9.82. The summed E-state index contributed by atoms with van der Waals surface area (Å²) in [4.78, 5) is 40.3. The number of hydrogen-bond donors (Lipinski definition) is 1. The van der Waals surface area contributed by atoms with Crippen molar-refractivity contribution in [3.05, 3.63) is 83.6 Å². The van der Waals surface area contributed by atoms with E-state index in [1.54, 1.807) is 30.3 Å². The highest BCUT2D eigenvalue weighted by atomic mass is 16.5. The number of carboxylic acids is 1. The molecule has 214 valence electrons. The van der Waals surface area contributed by atoms with Crippen LogP contribution in [-0.2, 0) is 0 Å². The highest BCUT2D eigenvalue weighted by Gasteiger charge is 2.44. The van der Waals surface area contributed by atoms with E-state index in [1.165, 1.54) is 0 Å². The predicted molar refractivity (Wildman–Crippen MR) is 158 cm³/mol. The Labute approximate surface area is 243 Å². The summed E-state index contributed by atoms with van der Waals surface area (Å²) in [5.41, 5.74) is 3.20. The van der Waals surface area contributed by atoms with Crippen molar-refractivity contribution in [3.63, 3.8) is 0 Å². The van der Waals surface area contributed by atoms with Crippen molar-refractivity contribution < 1.29 is 29.0 Å². The maximum Gasteiger partial charge on any atom is 0.335 e. The summed E-state index contributed by atoms with van der Waals surface area (Å²) in [6.07, 6.45) is 5.77. The number of ether oxygens (including phenoxy) is 2. The van der Waals surface area contributed by atoms with Crippen molar-refractivity contribution in [3.8, 4) is 22.6 Å². The number of amides is 1. The van der Waals surface area contributed by atoms with Crippen molar-refractivity contribution in [1.29, 1.82) is 0 Å². The number of fused-ring (bicyclic) bond motifs is 2. The van der Waals surface area contributed by atoms with E-state index in [2.05, 4.69) is 16.8 Å². The Morgan fingerprint density at radius 3 is 2.52 bits per heavy atom. The minimum Gasteiger partial charge on any atom is -0.493 e. The number of carbonyl (C=O) groups excluding carboxylic acids is 2. The molecule has 2 aliphatic heterocycles. The average molecular weight is 565 g/mol. The van der Waals surface area contributed by atoms with Crippen LogP contribution in [0.2, 0.25) is 0 Å². The van der Waals surface area contributed by atoms with Gasteiger partial charge in [-0.2, -0.15) is 0 Å². The zero-order valence-electron chi connectivity index (χ0n) is 23.5. The van der Waals surface area contributed by atoms with Gasteiger partial charge in [0, 0.05) is 49.1 Å². The van der Waals surface area contributed by atoms with Gasteiger partial charge in [0.05, 0.1) is 29.7 Å². The summed E-state index contributed by atoms with van der Waals surface area (Å²) in [6.45, 7) is 3.46. The third-order valence-corrected chi connectivity index (χ3v) is 8.78. The van der Waals surface area contributed by atoms with Gasteiger partial charge in [0.15, 0.2) is 5.78 Å². The first-order valence-electron chi connectivity index (χ1n) is 14.6. The quantitative estimate of drug-likeness (QED) is 0.292. The van der Waals surface area contributed by atoms with Crippen LogP contribution in [0, 0.1) is 0 Å². The number of Topliss-reactive ketones (excluding diaryl/α,β-unsaturated/α-hetero) is 1. The first-order chi connectivity index (χ1) is 20.3. The first-order valence-corrected chi connectivity index (χ1v) is 14.6. The number of aromatic carboxylic acids is 1. The fraction of sp³-hybridized carbons (Fsp3) is 0.324. The topological polar surface area (TPSA) is 98.1 Å². The molecular weight excluding hydrogens is 532 g/mol. The Bertz CT molecular complexity index is 1740. The normalized spacial score (nSPS) is 17.6. The van der Waals surface area contributed by atoms with Crippen molar-refractivity contribution in [1.82, 2.24) is 9.47 Å². The van der Waals surface area contributed by atoms with Crippen molar-refractivity contribution in [2.24, 2.45) is 0 Å². The zero-order chi connectivity index (χ0) is 29.0. The molecule has 1 aromatic heterocycles. The minimum absolute atomic E-state index is 0.0000820. The van der Waals surface area contributed by atoms with E-state index in [-0.39, 0.29) is 23.7 Å². The fourth-order valence-corrected chi connectivity index (χ4v) is 6.38. The highest BCUT2D eigenvalue weighted by molar-refractivity contribution is 6.02. The fourth-order valence-electron chi connectivity index (χ4n) is 6.38. The van der Waals surface area contributed by atoms with E-state index in [0.717, 1.165) is 40.6 Å². The molecular formula is C34H32N2O6. The lowest BCUT2D eigenvalue weighted by Crippen LogP contribution is -2.52. The van der Waals surface area contributed by atoms with Crippen molar-refractivity contribution in [2.45, 2.75) is 50.7 Å². The summed E-state index contributed by atoms with van der Waals surface area (Å²) in [5.74, 6) is 0.242. The molecule has 1 aliphatic carbocycles. The third-order valence-electron chi connectivity index (χ3n) is 8.78. The van der Waals surface area contributed by atoms with Gasteiger partial charge in [-0.25, -0.2) is 4.79 Å². The maximum absolute atomic E-state index is 13.7. The number of piperidine rings is 1. The Morgan fingerprint density at radius 1 is 1.00 bits per heavy atom. The monoisotopic (exact) mass is 564 g/mol. The van der Waals surface area contributed by atoms with E-state index in [0.29, 0.717) is 55.5 Å². The second-order valence-electron chi connectivity index (χ2n) is 11.6. The molecule has 8 nitrogen and oxygen atoms in total. The smallest absolute Gasteiger partial charge is 0.335 e. The van der Waals surface area contributed by atoms with Gasteiger partial charge in [-0.3, -0.25) is 9.59 Å². The average Bonchev–Trinajstić information content (AvgIpc) is 3.75. The molecule has 1 spiro atoms. The van der Waals surface area contributed by atoms with Crippen LogP contribution < -0.4 is 9.47 Å². The number of carbonyl (C=O) groups is 3. The van der Waals surface area contributed by atoms with Crippen molar-refractivity contribution in [2.75, 3.05) is 19.7 Å². The molecule has 0 radical (unpaired) electrons. The second kappa shape index (κ2) is 10.0. The molecule has 0 unspecified atom stereocenters. The van der Waals surface area contributed by atoms with Gasteiger partial charge in [0.1, 0.15) is 17.1 Å². The largest absolute Gasteiger partial charge is 0.493 e. The van der Waals surface area contributed by atoms with E-state index in [1.807, 2.05) is 36.1 Å². The van der Waals surface area contributed by atoms with Crippen LogP contribution in [0.15, 0.2) is 66.9 Å². The third kappa shape index (κ3) is 4.61. The SMILES string of the molecule is CCOc1cc(C(=O)N2CCC3(CC2)CC(=O)c2cc(-c4cccc(C(=O)O)c4)ccc2O3)cc2c1ccn2C1CC1. The molecule has 42 heavy (non-hydrogen) atoms. The summed E-state index contributed by atoms with van der Waals surface area (Å²) in [5, 5.41) is 10.4. The molecule has 0 bridgehead atoms. The predicted octanol–water partition coefficient (Wildman–Crippen LogP) is 6.38. The number of nitrogens with zero attached hydrogens (tertiary/aromatic N) is 2. The maximum atomic E-state index is 13.7. The molecule has 1 amide bonds. The lowest BCUT2D eigenvalue weighted by molar-refractivity contribution is -0.00572. The molecule has 1 saturated heterocycles. The Kier molecular flexibility index (Phi) is 6.30. The van der Waals surface area contributed by atoms with Gasteiger partial charge in [-0.15, -0.1) is 0 Å². The molecule has 3 aromatic carbocycles. The molecule has 3 heterocycles. The van der Waals surface area contributed by atoms with Gasteiger partial charge in [0.2, 0.25) is 0 Å². The van der Waals surface area contributed by atoms with Gasteiger partial charge >= 0.3 is 5.97 Å². The molecule has 4 aromatic rings.